The van der Waals surface area contributed by atoms with Crippen LogP contribution in [0.5, 0.6) is 11.5 Å². The standard InChI is InChI=1S/C19H19N3O5/c1-19(2)6-13-9(14(23)7-19)3-10(18(25)22-13)17(24)21-12-5-16-15(4-11(12)20)26-8-27-16/h3-5H,6-8,20H2,1-2H3,(H,21,24)(H,22,25). The highest BCUT2D eigenvalue weighted by molar-refractivity contribution is 6.08. The van der Waals surface area contributed by atoms with Crippen LogP contribution in [0.3, 0.4) is 0 Å². The molecule has 2 aromatic rings. The fourth-order valence-electron chi connectivity index (χ4n) is 3.45. The van der Waals surface area contributed by atoms with E-state index in [2.05, 4.69) is 10.3 Å². The first-order chi connectivity index (χ1) is 12.7. The van der Waals surface area contributed by atoms with E-state index in [-0.39, 0.29) is 29.2 Å². The van der Waals surface area contributed by atoms with E-state index in [1.54, 1.807) is 6.07 Å². The van der Waals surface area contributed by atoms with Crippen LogP contribution in [-0.4, -0.2) is 23.5 Å². The lowest BCUT2D eigenvalue weighted by Gasteiger charge is -2.29. The summed E-state index contributed by atoms with van der Waals surface area (Å²) in [6.45, 7) is 4.01. The van der Waals surface area contributed by atoms with Crippen molar-refractivity contribution in [1.82, 2.24) is 4.98 Å². The smallest absolute Gasteiger partial charge is 0.261 e. The predicted molar refractivity (Wildman–Crippen MR) is 98.4 cm³/mol. The van der Waals surface area contributed by atoms with Gasteiger partial charge < -0.3 is 25.5 Å². The predicted octanol–water partition coefficient (Wildman–Crippen LogP) is 2.09. The number of nitrogens with one attached hydrogen (secondary N) is 2. The van der Waals surface area contributed by atoms with Crippen molar-refractivity contribution < 1.29 is 19.1 Å². The van der Waals surface area contributed by atoms with Gasteiger partial charge >= 0.3 is 0 Å². The number of H-pyrrole nitrogens is 1. The molecule has 0 radical (unpaired) electrons. The highest BCUT2D eigenvalue weighted by Gasteiger charge is 2.32. The van der Waals surface area contributed by atoms with Gasteiger partial charge in [-0.25, -0.2) is 0 Å². The summed E-state index contributed by atoms with van der Waals surface area (Å²) < 4.78 is 10.5. The Morgan fingerprint density at radius 2 is 1.85 bits per heavy atom. The first-order valence-corrected chi connectivity index (χ1v) is 8.53. The maximum atomic E-state index is 12.6. The number of aromatic nitrogens is 1. The van der Waals surface area contributed by atoms with Crippen LogP contribution < -0.4 is 26.1 Å². The first-order valence-electron chi connectivity index (χ1n) is 8.53. The van der Waals surface area contributed by atoms with Gasteiger partial charge in [0.25, 0.3) is 11.5 Å². The van der Waals surface area contributed by atoms with Gasteiger partial charge in [0.2, 0.25) is 6.79 Å². The number of benzene rings is 1. The SMILES string of the molecule is CC1(C)CC(=O)c2cc(C(=O)Nc3cc4c(cc3N)OCO4)c(=O)[nH]c2C1. The summed E-state index contributed by atoms with van der Waals surface area (Å²) in [4.78, 5) is 40.2. The van der Waals surface area contributed by atoms with Crippen LogP contribution in [0.1, 0.15) is 46.7 Å². The van der Waals surface area contributed by atoms with Crippen LogP contribution in [0.15, 0.2) is 23.0 Å². The number of fused-ring (bicyclic) bond motifs is 2. The summed E-state index contributed by atoms with van der Waals surface area (Å²) in [6, 6.07) is 4.45. The number of Topliss-reactive ketones (excluding diaryl/α,β-unsaturated/α-hetero) is 1. The number of carbonyl (C=O) groups excluding carboxylic acids is 2. The molecule has 0 unspecified atom stereocenters. The van der Waals surface area contributed by atoms with Crippen molar-refractivity contribution in [2.45, 2.75) is 26.7 Å². The van der Waals surface area contributed by atoms with E-state index < -0.39 is 11.5 Å². The summed E-state index contributed by atoms with van der Waals surface area (Å²) in [7, 11) is 0. The van der Waals surface area contributed by atoms with E-state index in [9.17, 15) is 14.4 Å². The van der Waals surface area contributed by atoms with Crippen molar-refractivity contribution in [3.63, 3.8) is 0 Å². The third-order valence-electron chi connectivity index (χ3n) is 4.76. The Bertz CT molecular complexity index is 1040. The molecule has 1 aliphatic heterocycles. The van der Waals surface area contributed by atoms with Gasteiger partial charge in [0.15, 0.2) is 17.3 Å². The second-order valence-electron chi connectivity index (χ2n) is 7.59. The second-order valence-corrected chi connectivity index (χ2v) is 7.59. The number of nitrogen functional groups attached to an aromatic ring is 1. The third kappa shape index (κ3) is 3.03. The second kappa shape index (κ2) is 5.87. The van der Waals surface area contributed by atoms with E-state index in [1.165, 1.54) is 12.1 Å². The Hall–Kier alpha value is -3.29. The van der Waals surface area contributed by atoms with Gasteiger partial charge in [0.05, 0.1) is 11.4 Å². The molecule has 0 bridgehead atoms. The van der Waals surface area contributed by atoms with Gasteiger partial charge in [-0.15, -0.1) is 0 Å². The Balaban J connectivity index is 1.67. The lowest BCUT2D eigenvalue weighted by atomic mass is 9.75. The van der Waals surface area contributed by atoms with Crippen LogP contribution in [-0.2, 0) is 6.42 Å². The molecule has 8 nitrogen and oxygen atoms in total. The van der Waals surface area contributed by atoms with Gasteiger partial charge in [-0.2, -0.15) is 0 Å². The van der Waals surface area contributed by atoms with E-state index in [4.69, 9.17) is 15.2 Å². The molecule has 4 N–H and O–H groups in total. The van der Waals surface area contributed by atoms with Crippen LogP contribution in [0, 0.1) is 5.41 Å². The van der Waals surface area contributed by atoms with Crippen LogP contribution >= 0.6 is 0 Å². The number of hydrogen-bond acceptors (Lipinski definition) is 6. The molecule has 0 fully saturated rings. The molecule has 0 atom stereocenters. The van der Waals surface area contributed by atoms with Gasteiger partial charge in [-0.3, -0.25) is 14.4 Å². The zero-order chi connectivity index (χ0) is 19.3. The van der Waals surface area contributed by atoms with Gasteiger partial charge in [0.1, 0.15) is 5.56 Å². The molecule has 0 saturated heterocycles. The summed E-state index contributed by atoms with van der Waals surface area (Å²) in [6.07, 6.45) is 0.933. The molecule has 1 aromatic heterocycles. The number of ether oxygens (including phenoxy) is 2. The topological polar surface area (TPSA) is 124 Å². The number of hydrogen-bond donors (Lipinski definition) is 3. The van der Waals surface area contributed by atoms with Gasteiger partial charge in [0, 0.05) is 29.8 Å². The molecule has 2 heterocycles. The van der Waals surface area contributed by atoms with Crippen molar-refractivity contribution in [3.8, 4) is 11.5 Å². The molecule has 4 rings (SSSR count). The Kier molecular flexibility index (Phi) is 3.73. The van der Waals surface area contributed by atoms with Crippen molar-refractivity contribution in [2.24, 2.45) is 5.41 Å². The Morgan fingerprint density at radius 3 is 2.59 bits per heavy atom. The maximum Gasteiger partial charge on any atom is 0.261 e. The number of rotatable bonds is 2. The van der Waals surface area contributed by atoms with Crippen LogP contribution in [0.2, 0.25) is 0 Å². The van der Waals surface area contributed by atoms with Gasteiger partial charge in [-0.05, 0) is 17.9 Å². The van der Waals surface area contributed by atoms with Crippen LogP contribution in [0.25, 0.3) is 0 Å². The largest absolute Gasteiger partial charge is 0.454 e. The molecule has 140 valence electrons. The summed E-state index contributed by atoms with van der Waals surface area (Å²) in [5, 5.41) is 2.60. The summed E-state index contributed by atoms with van der Waals surface area (Å²) in [5.74, 6) is 0.206. The molecule has 1 aromatic carbocycles. The number of pyridine rings is 1. The third-order valence-corrected chi connectivity index (χ3v) is 4.76. The summed E-state index contributed by atoms with van der Waals surface area (Å²) >= 11 is 0. The normalized spacial score (nSPS) is 16.7. The molecule has 8 heteroatoms. The lowest BCUT2D eigenvalue weighted by molar-refractivity contribution is 0.0910. The number of anilines is 2. The van der Waals surface area contributed by atoms with Crippen molar-refractivity contribution in [1.29, 1.82) is 0 Å². The minimum atomic E-state index is -0.651. The first kappa shape index (κ1) is 17.1. The molecule has 27 heavy (non-hydrogen) atoms. The van der Waals surface area contributed by atoms with Crippen molar-refractivity contribution in [3.05, 3.63) is 45.4 Å². The Morgan fingerprint density at radius 1 is 1.15 bits per heavy atom. The highest BCUT2D eigenvalue weighted by Crippen LogP contribution is 2.38. The van der Waals surface area contributed by atoms with E-state index in [0.29, 0.717) is 41.3 Å². The van der Waals surface area contributed by atoms with Crippen molar-refractivity contribution >= 4 is 23.1 Å². The van der Waals surface area contributed by atoms with E-state index in [0.717, 1.165) is 0 Å². The number of amides is 1. The summed E-state index contributed by atoms with van der Waals surface area (Å²) in [5.41, 5.74) is 6.55. The maximum absolute atomic E-state index is 12.6. The molecule has 1 amide bonds. The average molecular weight is 369 g/mol. The van der Waals surface area contributed by atoms with E-state index >= 15 is 0 Å². The fraction of sp³-hybridized carbons (Fsp3) is 0.316. The zero-order valence-corrected chi connectivity index (χ0v) is 15.0. The molecular formula is C19H19N3O5. The highest BCUT2D eigenvalue weighted by atomic mass is 16.7. The molecule has 0 saturated carbocycles. The molecule has 2 aliphatic rings. The number of ketones is 1. The monoisotopic (exact) mass is 369 g/mol. The van der Waals surface area contributed by atoms with Gasteiger partial charge in [-0.1, -0.05) is 13.8 Å². The average Bonchev–Trinajstić information content (AvgIpc) is 3.00. The lowest BCUT2D eigenvalue weighted by Crippen LogP contribution is -2.32. The minimum Gasteiger partial charge on any atom is -0.454 e. The minimum absolute atomic E-state index is 0.0785. The molecule has 0 spiro atoms. The van der Waals surface area contributed by atoms with Crippen LogP contribution in [0.4, 0.5) is 11.4 Å². The number of carbonyl (C=O) groups is 2. The fourth-order valence-corrected chi connectivity index (χ4v) is 3.45. The van der Waals surface area contributed by atoms with Crippen molar-refractivity contribution in [2.75, 3.05) is 17.8 Å². The number of aromatic amines is 1. The number of nitrogens with two attached hydrogens (primary N) is 1. The quantitative estimate of drug-likeness (QED) is 0.697. The molecular weight excluding hydrogens is 350 g/mol. The molecule has 1 aliphatic carbocycles. The Labute approximate surface area is 154 Å². The van der Waals surface area contributed by atoms with E-state index in [1.807, 2.05) is 13.8 Å². The zero-order valence-electron chi connectivity index (χ0n) is 15.0.